The highest BCUT2D eigenvalue weighted by atomic mass is 19.2. The molecule has 0 radical (unpaired) electrons. The highest BCUT2D eigenvalue weighted by Gasteiger charge is 2.41. The van der Waals surface area contributed by atoms with Gasteiger partial charge in [-0.3, -0.25) is 0 Å². The number of rotatable bonds is 5. The molecule has 0 unspecified atom stereocenters. The van der Waals surface area contributed by atoms with Crippen molar-refractivity contribution in [2.45, 2.75) is 24.2 Å². The van der Waals surface area contributed by atoms with Crippen molar-refractivity contribution in [3.63, 3.8) is 0 Å². The van der Waals surface area contributed by atoms with E-state index >= 15 is 0 Å². The molecule has 0 amide bonds. The largest absolute Gasteiger partial charge is 0.368 e. The molecule has 2 fully saturated rings. The van der Waals surface area contributed by atoms with Crippen molar-refractivity contribution in [2.24, 2.45) is 0 Å². The Labute approximate surface area is 190 Å². The van der Waals surface area contributed by atoms with Crippen LogP contribution in [0.25, 0.3) is 11.6 Å². The molecule has 1 aliphatic heterocycles. The van der Waals surface area contributed by atoms with Crippen LogP contribution in [0.5, 0.6) is 0 Å². The van der Waals surface area contributed by atoms with Crippen LogP contribution in [0.4, 0.5) is 14.5 Å². The summed E-state index contributed by atoms with van der Waals surface area (Å²) in [5.74, 6) is 0.0641. The van der Waals surface area contributed by atoms with Crippen molar-refractivity contribution in [1.29, 1.82) is 0 Å². The molecular weight excluding hydrogens is 420 g/mol. The monoisotopic (exact) mass is 441 g/mol. The Bertz CT molecular complexity index is 1280. The predicted molar refractivity (Wildman–Crippen MR) is 121 cm³/mol. The number of hydrogen-bond acceptors (Lipinski definition) is 5. The van der Waals surface area contributed by atoms with Gasteiger partial charge in [0.25, 0.3) is 0 Å². The average molecular weight is 441 g/mol. The molecule has 33 heavy (non-hydrogen) atoms. The van der Waals surface area contributed by atoms with Gasteiger partial charge in [0.05, 0.1) is 5.69 Å². The molecule has 0 spiro atoms. The summed E-state index contributed by atoms with van der Waals surface area (Å²) in [7, 11) is 0. The summed E-state index contributed by atoms with van der Waals surface area (Å²) < 4.78 is 29.1. The van der Waals surface area contributed by atoms with Gasteiger partial charge in [-0.15, -0.1) is 0 Å². The maximum absolute atomic E-state index is 14.6. The summed E-state index contributed by atoms with van der Waals surface area (Å²) in [4.78, 5) is 19.1. The summed E-state index contributed by atoms with van der Waals surface area (Å²) in [6.45, 7) is 1.38. The topological polar surface area (TPSA) is 54.8 Å². The fraction of sp³-hybridized carbons (Fsp3) is 0.231. The van der Waals surface area contributed by atoms with Gasteiger partial charge in [-0.1, -0.05) is 30.3 Å². The molecule has 3 heterocycles. The minimum absolute atomic E-state index is 0.132. The second-order valence-electron chi connectivity index (χ2n) is 8.71. The van der Waals surface area contributed by atoms with Gasteiger partial charge < -0.3 is 4.90 Å². The summed E-state index contributed by atoms with van der Waals surface area (Å²) in [6.07, 6.45) is 7.73. The molecular formula is C26H21F2N5. The van der Waals surface area contributed by atoms with E-state index in [0.29, 0.717) is 36.3 Å². The molecule has 0 N–H and O–H groups in total. The third-order valence-corrected chi connectivity index (χ3v) is 6.61. The Morgan fingerprint density at radius 1 is 0.727 bits per heavy atom. The van der Waals surface area contributed by atoms with E-state index in [4.69, 9.17) is 0 Å². The minimum atomic E-state index is -0.788. The van der Waals surface area contributed by atoms with E-state index in [9.17, 15) is 8.78 Å². The summed E-state index contributed by atoms with van der Waals surface area (Å²) in [5.41, 5.74) is 3.40. The number of nitrogens with zero attached hydrogens (tertiary/aromatic N) is 5. The van der Waals surface area contributed by atoms with Crippen LogP contribution in [0, 0.1) is 11.6 Å². The van der Waals surface area contributed by atoms with Gasteiger partial charge in [-0.2, -0.15) is 0 Å². The molecule has 164 valence electrons. The molecule has 2 aliphatic rings. The van der Waals surface area contributed by atoms with Crippen LogP contribution in [0.1, 0.15) is 40.9 Å². The highest BCUT2D eigenvalue weighted by molar-refractivity contribution is 5.56. The fourth-order valence-corrected chi connectivity index (χ4v) is 4.64. The van der Waals surface area contributed by atoms with Crippen LogP contribution in [0.15, 0.2) is 73.3 Å². The van der Waals surface area contributed by atoms with Gasteiger partial charge in [0.2, 0.25) is 0 Å². The van der Waals surface area contributed by atoms with Crippen LogP contribution >= 0.6 is 0 Å². The Kier molecular flexibility index (Phi) is 4.82. The Hall–Kier alpha value is -3.74. The molecule has 1 aliphatic carbocycles. The molecule has 4 aromatic rings. The van der Waals surface area contributed by atoms with Crippen molar-refractivity contribution >= 4 is 5.69 Å². The molecule has 1 saturated heterocycles. The SMILES string of the molecule is Fc1cc([C@@H]2C[C@H]2c2cnc(-c3ncccn3)nc2)cc(N2CC(c3ccccc3)C2)c1F. The van der Waals surface area contributed by atoms with Crippen molar-refractivity contribution in [1.82, 2.24) is 19.9 Å². The number of benzene rings is 2. The van der Waals surface area contributed by atoms with E-state index in [1.807, 2.05) is 29.2 Å². The third-order valence-electron chi connectivity index (χ3n) is 6.61. The Morgan fingerprint density at radius 2 is 1.39 bits per heavy atom. The van der Waals surface area contributed by atoms with Gasteiger partial charge >= 0.3 is 0 Å². The first-order valence-electron chi connectivity index (χ1n) is 11.1. The van der Waals surface area contributed by atoms with Gasteiger partial charge in [0.1, 0.15) is 0 Å². The first-order valence-corrected chi connectivity index (χ1v) is 11.1. The van der Waals surface area contributed by atoms with Crippen molar-refractivity contribution in [2.75, 3.05) is 18.0 Å². The van der Waals surface area contributed by atoms with Crippen LogP contribution in [-0.4, -0.2) is 33.0 Å². The van der Waals surface area contributed by atoms with Gasteiger partial charge in [0, 0.05) is 43.8 Å². The van der Waals surface area contributed by atoms with E-state index in [-0.39, 0.29) is 11.8 Å². The van der Waals surface area contributed by atoms with E-state index < -0.39 is 11.6 Å². The van der Waals surface area contributed by atoms with Crippen molar-refractivity contribution < 1.29 is 8.78 Å². The second kappa shape index (κ2) is 7.99. The zero-order valence-electron chi connectivity index (χ0n) is 17.8. The molecule has 7 heteroatoms. The van der Waals surface area contributed by atoms with Crippen molar-refractivity contribution in [3.8, 4) is 11.6 Å². The molecule has 2 aromatic heterocycles. The molecule has 0 bridgehead atoms. The number of hydrogen-bond donors (Lipinski definition) is 0. The van der Waals surface area contributed by atoms with E-state index in [0.717, 1.165) is 17.5 Å². The maximum atomic E-state index is 14.6. The standard InChI is InChI=1S/C26H21F2N5/c27-22-9-17(10-23(24(22)28)33-14-19(15-33)16-5-2-1-3-6-16)20-11-21(20)18-12-31-26(32-13-18)25-29-7-4-8-30-25/h1-10,12-13,19-21H,11,14-15H2/t20-,21-/m0/s1. The lowest BCUT2D eigenvalue weighted by molar-refractivity contribution is 0.477. The summed E-state index contributed by atoms with van der Waals surface area (Å²) in [6, 6.07) is 15.1. The smallest absolute Gasteiger partial charge is 0.197 e. The Balaban J connectivity index is 1.18. The minimum Gasteiger partial charge on any atom is -0.368 e. The lowest BCUT2D eigenvalue weighted by atomic mass is 9.90. The zero-order valence-corrected chi connectivity index (χ0v) is 17.8. The zero-order chi connectivity index (χ0) is 22.4. The maximum Gasteiger partial charge on any atom is 0.197 e. The quantitative estimate of drug-likeness (QED) is 0.432. The van der Waals surface area contributed by atoms with Gasteiger partial charge in [-0.05, 0) is 53.1 Å². The molecule has 2 atom stereocenters. The third kappa shape index (κ3) is 3.73. The number of aromatic nitrogens is 4. The molecule has 2 aromatic carbocycles. The number of anilines is 1. The van der Waals surface area contributed by atoms with Crippen LogP contribution in [0.3, 0.4) is 0 Å². The fourth-order valence-electron chi connectivity index (χ4n) is 4.64. The van der Waals surface area contributed by atoms with E-state index in [1.54, 1.807) is 30.9 Å². The van der Waals surface area contributed by atoms with Crippen molar-refractivity contribution in [3.05, 3.63) is 102 Å². The lowest BCUT2D eigenvalue weighted by Gasteiger charge is -2.41. The van der Waals surface area contributed by atoms with E-state index in [1.165, 1.54) is 11.6 Å². The normalized spacial score (nSPS) is 19.9. The van der Waals surface area contributed by atoms with Crippen LogP contribution < -0.4 is 4.90 Å². The van der Waals surface area contributed by atoms with Gasteiger partial charge in [-0.25, -0.2) is 28.7 Å². The molecule has 1 saturated carbocycles. The molecule has 5 nitrogen and oxygen atoms in total. The number of halogens is 2. The second-order valence-corrected chi connectivity index (χ2v) is 8.71. The average Bonchev–Trinajstić information content (AvgIpc) is 3.63. The first-order chi connectivity index (χ1) is 16.2. The van der Waals surface area contributed by atoms with Gasteiger partial charge in [0.15, 0.2) is 23.3 Å². The van der Waals surface area contributed by atoms with Crippen LogP contribution in [0.2, 0.25) is 0 Å². The first kappa shape index (κ1) is 19.9. The predicted octanol–water partition coefficient (Wildman–Crippen LogP) is 5.09. The lowest BCUT2D eigenvalue weighted by Crippen LogP contribution is -2.45. The Morgan fingerprint density at radius 3 is 2.12 bits per heavy atom. The summed E-state index contributed by atoms with van der Waals surface area (Å²) >= 11 is 0. The van der Waals surface area contributed by atoms with E-state index in [2.05, 4.69) is 32.1 Å². The summed E-state index contributed by atoms with van der Waals surface area (Å²) in [5, 5.41) is 0. The highest BCUT2D eigenvalue weighted by Crippen LogP contribution is 2.55. The van der Waals surface area contributed by atoms with Crippen LogP contribution in [-0.2, 0) is 0 Å². The molecule has 6 rings (SSSR count).